The zero-order valence-corrected chi connectivity index (χ0v) is 18.7. The van der Waals surface area contributed by atoms with Crippen molar-refractivity contribution in [3.05, 3.63) is 71.8 Å². The van der Waals surface area contributed by atoms with Gasteiger partial charge in [-0.05, 0) is 24.0 Å². The number of benzene rings is 2. The van der Waals surface area contributed by atoms with Crippen molar-refractivity contribution in [2.45, 2.75) is 38.5 Å². The van der Waals surface area contributed by atoms with E-state index in [4.69, 9.17) is 14.6 Å². The van der Waals surface area contributed by atoms with Gasteiger partial charge in [-0.3, -0.25) is 9.59 Å². The lowest BCUT2D eigenvalue weighted by atomic mass is 10.1. The molecular weight excluding hydrogens is 442 g/mol. The molecule has 0 spiro atoms. The monoisotopic (exact) mass is 471 g/mol. The van der Waals surface area contributed by atoms with E-state index in [0.29, 0.717) is 12.8 Å². The second-order valence-electron chi connectivity index (χ2n) is 7.41. The van der Waals surface area contributed by atoms with E-state index in [-0.39, 0.29) is 26.2 Å². The van der Waals surface area contributed by atoms with Gasteiger partial charge in [0.1, 0.15) is 19.8 Å². The first-order chi connectivity index (χ1) is 16.4. The maximum atomic E-state index is 12.2. The molecule has 0 heterocycles. The fourth-order valence-electron chi connectivity index (χ4n) is 2.94. The maximum absolute atomic E-state index is 12.2. The summed E-state index contributed by atoms with van der Waals surface area (Å²) in [7, 11) is 0. The van der Waals surface area contributed by atoms with Crippen LogP contribution in [-0.2, 0) is 32.3 Å². The minimum absolute atomic E-state index is 0.0689. The third-order valence-corrected chi connectivity index (χ3v) is 4.61. The van der Waals surface area contributed by atoms with E-state index in [1.54, 1.807) is 0 Å². The van der Waals surface area contributed by atoms with Gasteiger partial charge in [-0.15, -0.1) is 0 Å². The molecular formula is C24H29N3O7. The zero-order valence-electron chi connectivity index (χ0n) is 18.7. The number of carboxylic acid groups (broad SMARTS) is 1. The van der Waals surface area contributed by atoms with Crippen LogP contribution < -0.4 is 16.0 Å². The molecule has 0 bridgehead atoms. The maximum Gasteiger partial charge on any atom is 0.407 e. The van der Waals surface area contributed by atoms with Crippen LogP contribution in [0.15, 0.2) is 60.7 Å². The van der Waals surface area contributed by atoms with Crippen LogP contribution >= 0.6 is 0 Å². The van der Waals surface area contributed by atoms with E-state index in [1.165, 1.54) is 0 Å². The van der Waals surface area contributed by atoms with Gasteiger partial charge in [0.2, 0.25) is 5.91 Å². The molecule has 0 saturated heterocycles. The molecule has 0 radical (unpaired) electrons. The molecule has 4 N–H and O–H groups in total. The van der Waals surface area contributed by atoms with Crippen molar-refractivity contribution in [3.63, 3.8) is 0 Å². The van der Waals surface area contributed by atoms with E-state index in [9.17, 15) is 19.2 Å². The molecule has 34 heavy (non-hydrogen) atoms. The number of rotatable bonds is 13. The van der Waals surface area contributed by atoms with Gasteiger partial charge in [0.05, 0.1) is 0 Å². The Morgan fingerprint density at radius 3 is 1.91 bits per heavy atom. The Balaban J connectivity index is 1.76. The number of carbonyl (C=O) groups is 4. The van der Waals surface area contributed by atoms with Crippen molar-refractivity contribution in [3.8, 4) is 0 Å². The molecule has 2 rings (SSSR count). The molecule has 2 aromatic carbocycles. The van der Waals surface area contributed by atoms with Crippen molar-refractivity contribution in [1.29, 1.82) is 0 Å². The fourth-order valence-corrected chi connectivity index (χ4v) is 2.94. The number of alkyl carbamates (subject to hydrolysis) is 2. The van der Waals surface area contributed by atoms with Crippen LogP contribution in [0.4, 0.5) is 9.59 Å². The van der Waals surface area contributed by atoms with Crippen LogP contribution in [0.25, 0.3) is 0 Å². The number of carbonyl (C=O) groups excluding carboxylic acids is 3. The second-order valence-corrected chi connectivity index (χ2v) is 7.41. The lowest BCUT2D eigenvalue weighted by Crippen LogP contribution is -2.41. The fraction of sp³-hybridized carbons (Fsp3) is 0.333. The van der Waals surface area contributed by atoms with Crippen LogP contribution in [-0.4, -0.2) is 48.3 Å². The lowest BCUT2D eigenvalue weighted by Gasteiger charge is -2.18. The van der Waals surface area contributed by atoms with Gasteiger partial charge in [0, 0.05) is 19.0 Å². The van der Waals surface area contributed by atoms with Crippen molar-refractivity contribution >= 4 is 24.1 Å². The van der Waals surface area contributed by atoms with Crippen molar-refractivity contribution in [1.82, 2.24) is 16.0 Å². The highest BCUT2D eigenvalue weighted by Gasteiger charge is 2.18. The number of hydrogen-bond donors (Lipinski definition) is 4. The van der Waals surface area contributed by atoms with Crippen LogP contribution in [0.1, 0.15) is 30.4 Å². The summed E-state index contributed by atoms with van der Waals surface area (Å²) in [5.41, 5.74) is 1.68. The first kappa shape index (κ1) is 26.2. The standard InChI is InChI=1S/C24H29N3O7/c28-21(26-15-22(29)30)14-20(27-24(32)34-17-19-10-5-2-6-11-19)12-7-13-25-23(31)33-16-18-8-3-1-4-9-18/h1-6,8-11,20H,7,12-17H2,(H,25,31)(H,26,28)(H,27,32)(H,29,30)/t20-/m0/s1. The smallest absolute Gasteiger partial charge is 0.407 e. The molecule has 1 atom stereocenters. The minimum atomic E-state index is -1.17. The van der Waals surface area contributed by atoms with Crippen molar-refractivity contribution in [2.75, 3.05) is 13.1 Å². The van der Waals surface area contributed by atoms with Crippen molar-refractivity contribution in [2.24, 2.45) is 0 Å². The summed E-state index contributed by atoms with van der Waals surface area (Å²) < 4.78 is 10.3. The Kier molecular flexibility index (Phi) is 11.5. The summed E-state index contributed by atoms with van der Waals surface area (Å²) in [6.07, 6.45) is -0.618. The van der Waals surface area contributed by atoms with Gasteiger partial charge in [0.25, 0.3) is 0 Å². The third kappa shape index (κ3) is 11.5. The number of carboxylic acids is 1. The average Bonchev–Trinajstić information content (AvgIpc) is 2.84. The normalized spacial score (nSPS) is 11.1. The largest absolute Gasteiger partial charge is 0.480 e. The number of ether oxygens (including phenoxy) is 2. The van der Waals surface area contributed by atoms with Crippen LogP contribution in [0.2, 0.25) is 0 Å². The summed E-state index contributed by atoms with van der Waals surface area (Å²) >= 11 is 0. The number of hydrogen-bond acceptors (Lipinski definition) is 6. The van der Waals surface area contributed by atoms with E-state index in [0.717, 1.165) is 11.1 Å². The van der Waals surface area contributed by atoms with E-state index >= 15 is 0 Å². The molecule has 3 amide bonds. The van der Waals surface area contributed by atoms with E-state index in [1.807, 2.05) is 60.7 Å². The predicted octanol–water partition coefficient (Wildman–Crippen LogP) is 2.58. The first-order valence-electron chi connectivity index (χ1n) is 10.8. The SMILES string of the molecule is O=C(O)CNC(=O)C[C@H](CCCNC(=O)OCc1ccccc1)NC(=O)OCc1ccccc1. The summed E-state index contributed by atoms with van der Waals surface area (Å²) in [5, 5.41) is 16.2. The van der Waals surface area contributed by atoms with Gasteiger partial charge in [-0.1, -0.05) is 60.7 Å². The molecule has 2 aromatic rings. The van der Waals surface area contributed by atoms with Gasteiger partial charge in [0.15, 0.2) is 0 Å². The first-order valence-corrected chi connectivity index (χ1v) is 10.8. The Morgan fingerprint density at radius 2 is 1.35 bits per heavy atom. The molecule has 182 valence electrons. The Labute approximate surface area is 197 Å². The summed E-state index contributed by atoms with van der Waals surface area (Å²) in [6, 6.07) is 17.8. The van der Waals surface area contributed by atoms with Gasteiger partial charge in [-0.2, -0.15) is 0 Å². The summed E-state index contributed by atoms with van der Waals surface area (Å²) in [6.45, 7) is -0.0340. The molecule has 10 heteroatoms. The average molecular weight is 472 g/mol. The topological polar surface area (TPSA) is 143 Å². The highest BCUT2D eigenvalue weighted by atomic mass is 16.6. The molecule has 0 unspecified atom stereocenters. The van der Waals surface area contributed by atoms with Crippen LogP contribution in [0, 0.1) is 0 Å². The highest BCUT2D eigenvalue weighted by molar-refractivity contribution is 5.82. The highest BCUT2D eigenvalue weighted by Crippen LogP contribution is 2.06. The number of aliphatic carboxylic acids is 1. The molecule has 0 saturated carbocycles. The molecule has 0 aliphatic rings. The van der Waals surface area contributed by atoms with E-state index in [2.05, 4.69) is 16.0 Å². The third-order valence-electron chi connectivity index (χ3n) is 4.61. The van der Waals surface area contributed by atoms with Crippen LogP contribution in [0.3, 0.4) is 0 Å². The quantitative estimate of drug-likeness (QED) is 0.329. The zero-order chi connectivity index (χ0) is 24.6. The summed E-state index contributed by atoms with van der Waals surface area (Å²) in [5.74, 6) is -1.69. The number of amides is 3. The predicted molar refractivity (Wildman–Crippen MR) is 123 cm³/mol. The minimum Gasteiger partial charge on any atom is -0.480 e. The Hall–Kier alpha value is -4.08. The second kappa shape index (κ2) is 14.9. The van der Waals surface area contributed by atoms with Gasteiger partial charge >= 0.3 is 18.2 Å². The summed E-state index contributed by atoms with van der Waals surface area (Å²) in [4.78, 5) is 46.7. The Morgan fingerprint density at radius 1 is 0.794 bits per heavy atom. The number of nitrogens with one attached hydrogen (secondary N) is 3. The van der Waals surface area contributed by atoms with Gasteiger partial charge in [-0.25, -0.2) is 9.59 Å². The molecule has 0 aromatic heterocycles. The molecule has 10 nitrogen and oxygen atoms in total. The van der Waals surface area contributed by atoms with Crippen molar-refractivity contribution < 1.29 is 33.8 Å². The van der Waals surface area contributed by atoms with Crippen LogP contribution in [0.5, 0.6) is 0 Å². The molecule has 0 aliphatic heterocycles. The molecule has 0 aliphatic carbocycles. The molecule has 0 fully saturated rings. The lowest BCUT2D eigenvalue weighted by molar-refractivity contribution is -0.138. The Bertz CT molecular complexity index is 923. The van der Waals surface area contributed by atoms with E-state index < -0.39 is 36.6 Å². The van der Waals surface area contributed by atoms with Gasteiger partial charge < -0.3 is 30.5 Å².